The summed E-state index contributed by atoms with van der Waals surface area (Å²) in [5.41, 5.74) is 1.67. The first-order valence-electron chi connectivity index (χ1n) is 6.49. The number of aryl methyl sites for hydroxylation is 1. The van der Waals surface area contributed by atoms with Crippen LogP contribution in [-0.2, 0) is 23.0 Å². The van der Waals surface area contributed by atoms with Gasteiger partial charge in [0.1, 0.15) is 17.1 Å². The molecule has 116 valence electrons. The van der Waals surface area contributed by atoms with E-state index in [9.17, 15) is 8.42 Å². The van der Waals surface area contributed by atoms with E-state index >= 15 is 0 Å². The van der Waals surface area contributed by atoms with Gasteiger partial charge < -0.3 is 9.30 Å². The van der Waals surface area contributed by atoms with Crippen LogP contribution in [0.1, 0.15) is 5.82 Å². The number of benzene rings is 1. The van der Waals surface area contributed by atoms with Crippen molar-refractivity contribution in [2.75, 3.05) is 25.8 Å². The average Bonchev–Trinajstić information content (AvgIpc) is 2.76. The van der Waals surface area contributed by atoms with E-state index < -0.39 is 10.0 Å². The van der Waals surface area contributed by atoms with Gasteiger partial charge in [-0.15, -0.1) is 11.6 Å². The van der Waals surface area contributed by atoms with Crippen molar-refractivity contribution in [3.8, 4) is 5.75 Å². The molecule has 0 saturated carbocycles. The number of nitrogens with one attached hydrogen (secondary N) is 1. The van der Waals surface area contributed by atoms with Crippen LogP contribution in [0.4, 0.5) is 0 Å². The average molecular weight is 332 g/mol. The van der Waals surface area contributed by atoms with E-state index in [-0.39, 0.29) is 0 Å². The van der Waals surface area contributed by atoms with E-state index in [4.69, 9.17) is 16.3 Å². The second kappa shape index (κ2) is 6.64. The molecule has 0 spiro atoms. The van der Waals surface area contributed by atoms with Gasteiger partial charge in [0.05, 0.1) is 18.9 Å². The Balaban J connectivity index is 2.37. The molecule has 1 aromatic heterocycles. The van der Waals surface area contributed by atoms with Gasteiger partial charge >= 0.3 is 0 Å². The zero-order valence-corrected chi connectivity index (χ0v) is 13.5. The molecule has 0 unspecified atom stereocenters. The topological polar surface area (TPSA) is 73.2 Å². The normalized spacial score (nSPS) is 12.0. The largest absolute Gasteiger partial charge is 0.494 e. The Morgan fingerprint density at radius 3 is 2.81 bits per heavy atom. The fourth-order valence-electron chi connectivity index (χ4n) is 2.20. The highest BCUT2D eigenvalue weighted by atomic mass is 35.5. The van der Waals surface area contributed by atoms with Crippen molar-refractivity contribution < 1.29 is 13.2 Å². The minimum absolute atomic E-state index is 0.302. The zero-order chi connectivity index (χ0) is 15.5. The molecule has 2 aromatic rings. The molecule has 21 heavy (non-hydrogen) atoms. The molecule has 6 nitrogen and oxygen atoms in total. The molecular weight excluding hydrogens is 314 g/mol. The highest BCUT2D eigenvalue weighted by molar-refractivity contribution is 7.88. The van der Waals surface area contributed by atoms with Crippen LogP contribution in [0.2, 0.25) is 0 Å². The van der Waals surface area contributed by atoms with Gasteiger partial charge in [-0.2, -0.15) is 0 Å². The maximum Gasteiger partial charge on any atom is 0.208 e. The van der Waals surface area contributed by atoms with E-state index in [1.165, 1.54) is 0 Å². The molecule has 0 radical (unpaired) electrons. The molecule has 0 fully saturated rings. The van der Waals surface area contributed by atoms with Crippen LogP contribution in [0, 0.1) is 0 Å². The van der Waals surface area contributed by atoms with Crippen LogP contribution in [0.3, 0.4) is 0 Å². The van der Waals surface area contributed by atoms with E-state index in [2.05, 4.69) is 9.71 Å². The number of ether oxygens (including phenoxy) is 1. The summed E-state index contributed by atoms with van der Waals surface area (Å²) in [7, 11) is -1.61. The third-order valence-electron chi connectivity index (χ3n) is 3.06. The Bertz CT molecular complexity index is 728. The lowest BCUT2D eigenvalue weighted by Crippen LogP contribution is -2.26. The molecule has 1 N–H and O–H groups in total. The number of halogens is 1. The maximum absolute atomic E-state index is 11.2. The number of para-hydroxylation sites is 1. The summed E-state index contributed by atoms with van der Waals surface area (Å²) in [4.78, 5) is 4.56. The second-order valence-corrected chi connectivity index (χ2v) is 6.82. The molecule has 2 rings (SSSR count). The van der Waals surface area contributed by atoms with Gasteiger partial charge in [-0.3, -0.25) is 0 Å². The van der Waals surface area contributed by atoms with Crippen LogP contribution in [0.5, 0.6) is 5.75 Å². The monoisotopic (exact) mass is 331 g/mol. The quantitative estimate of drug-likeness (QED) is 0.778. The fraction of sp³-hybridized carbons (Fsp3) is 0.462. The molecule has 0 saturated heterocycles. The number of hydrogen-bond acceptors (Lipinski definition) is 4. The zero-order valence-electron chi connectivity index (χ0n) is 12.0. The van der Waals surface area contributed by atoms with Crippen molar-refractivity contribution >= 4 is 32.7 Å². The first-order chi connectivity index (χ1) is 9.96. The summed E-state index contributed by atoms with van der Waals surface area (Å²) in [5.74, 6) is 1.96. The summed E-state index contributed by atoms with van der Waals surface area (Å²) in [6.07, 6.45) is 1.75. The number of sulfonamides is 1. The summed E-state index contributed by atoms with van der Waals surface area (Å²) >= 11 is 5.82. The predicted octanol–water partition coefficient (Wildman–Crippen LogP) is 1.38. The Morgan fingerprint density at radius 1 is 1.43 bits per heavy atom. The lowest BCUT2D eigenvalue weighted by Gasteiger charge is -2.09. The highest BCUT2D eigenvalue weighted by Gasteiger charge is 2.13. The predicted molar refractivity (Wildman–Crippen MR) is 83.6 cm³/mol. The van der Waals surface area contributed by atoms with E-state index in [1.807, 2.05) is 22.8 Å². The molecule has 1 heterocycles. The van der Waals surface area contributed by atoms with Gasteiger partial charge in [-0.05, 0) is 12.1 Å². The van der Waals surface area contributed by atoms with Crippen LogP contribution in [0.25, 0.3) is 11.0 Å². The van der Waals surface area contributed by atoms with Gasteiger partial charge in [0.15, 0.2) is 0 Å². The number of aromatic nitrogens is 2. The van der Waals surface area contributed by atoms with Crippen molar-refractivity contribution in [2.45, 2.75) is 13.0 Å². The number of rotatable bonds is 7. The van der Waals surface area contributed by atoms with Crippen molar-refractivity contribution in [1.29, 1.82) is 0 Å². The highest BCUT2D eigenvalue weighted by Crippen LogP contribution is 2.26. The number of hydrogen-bond donors (Lipinski definition) is 1. The lowest BCUT2D eigenvalue weighted by atomic mass is 10.3. The lowest BCUT2D eigenvalue weighted by molar-refractivity contribution is 0.419. The number of fused-ring (bicyclic) bond motifs is 1. The third-order valence-corrected chi connectivity index (χ3v) is 3.98. The summed E-state index contributed by atoms with van der Waals surface area (Å²) in [6, 6.07) is 5.66. The molecule has 0 aliphatic heterocycles. The van der Waals surface area contributed by atoms with E-state index in [0.717, 1.165) is 23.1 Å². The smallest absolute Gasteiger partial charge is 0.208 e. The SMILES string of the molecule is COc1cccc2c1nc(CCCl)n2CCNS(C)(=O)=O. The van der Waals surface area contributed by atoms with E-state index in [1.54, 1.807) is 7.11 Å². The van der Waals surface area contributed by atoms with E-state index in [0.29, 0.717) is 31.1 Å². The van der Waals surface area contributed by atoms with Gasteiger partial charge in [0, 0.05) is 25.4 Å². The van der Waals surface area contributed by atoms with Crippen LogP contribution >= 0.6 is 11.6 Å². The van der Waals surface area contributed by atoms with Crippen LogP contribution in [0.15, 0.2) is 18.2 Å². The molecule has 0 aliphatic rings. The minimum atomic E-state index is -3.20. The summed E-state index contributed by atoms with van der Waals surface area (Å²) in [6.45, 7) is 0.791. The molecule has 0 atom stereocenters. The molecule has 1 aromatic carbocycles. The maximum atomic E-state index is 11.2. The van der Waals surface area contributed by atoms with Crippen LogP contribution < -0.4 is 9.46 Å². The van der Waals surface area contributed by atoms with Crippen LogP contribution in [-0.4, -0.2) is 43.8 Å². The van der Waals surface area contributed by atoms with Gasteiger partial charge in [-0.25, -0.2) is 18.1 Å². The molecule has 0 amide bonds. The first-order valence-corrected chi connectivity index (χ1v) is 8.91. The third kappa shape index (κ3) is 3.87. The first kappa shape index (κ1) is 16.1. The minimum Gasteiger partial charge on any atom is -0.494 e. The van der Waals surface area contributed by atoms with Crippen molar-refractivity contribution in [2.24, 2.45) is 0 Å². The van der Waals surface area contributed by atoms with Gasteiger partial charge in [-0.1, -0.05) is 6.07 Å². The Hall–Kier alpha value is -1.31. The molecular formula is C13H18ClN3O3S. The molecule has 0 bridgehead atoms. The van der Waals surface area contributed by atoms with Gasteiger partial charge in [0.25, 0.3) is 0 Å². The van der Waals surface area contributed by atoms with Crippen molar-refractivity contribution in [3.05, 3.63) is 24.0 Å². The second-order valence-electron chi connectivity index (χ2n) is 4.61. The number of imidazole rings is 1. The summed E-state index contributed by atoms with van der Waals surface area (Å²) in [5, 5.41) is 0. The van der Waals surface area contributed by atoms with Crippen molar-refractivity contribution in [3.63, 3.8) is 0 Å². The molecule has 8 heteroatoms. The Morgan fingerprint density at radius 2 is 2.19 bits per heavy atom. The van der Waals surface area contributed by atoms with Crippen molar-refractivity contribution in [1.82, 2.24) is 14.3 Å². The Kier molecular flexibility index (Phi) is 5.08. The number of alkyl halides is 1. The Labute approximate surface area is 129 Å². The molecule has 0 aliphatic carbocycles. The van der Waals surface area contributed by atoms with Gasteiger partial charge in [0.2, 0.25) is 10.0 Å². The fourth-order valence-corrected chi connectivity index (χ4v) is 2.83. The number of nitrogens with zero attached hydrogens (tertiary/aromatic N) is 2. The number of methoxy groups -OCH3 is 1. The summed E-state index contributed by atoms with van der Waals surface area (Å²) < 4.78 is 32.1. The standard InChI is InChI=1S/C13H18ClN3O3S/c1-20-11-5-3-4-10-13(11)16-12(6-7-14)17(10)9-8-15-21(2,18)19/h3-5,15H,6-9H2,1-2H3.